The van der Waals surface area contributed by atoms with Crippen LogP contribution in [0.15, 0.2) is 108 Å². The molecule has 0 atom stereocenters. The molecule has 0 fully saturated rings. The molecule has 0 saturated carbocycles. The van der Waals surface area contributed by atoms with E-state index in [1.807, 2.05) is 78.3 Å². The minimum Gasteiger partial charge on any atom is -0.296 e. The Labute approximate surface area is 257 Å². The number of thioether (sulfide) groups is 1. The maximum atomic E-state index is 6.70. The first kappa shape index (κ1) is 27.6. The molecule has 204 valence electrons. The van der Waals surface area contributed by atoms with Crippen LogP contribution in [-0.4, -0.2) is 24.5 Å². The van der Waals surface area contributed by atoms with Crippen molar-refractivity contribution in [3.8, 4) is 28.5 Å². The third kappa shape index (κ3) is 5.92. The lowest BCUT2D eigenvalue weighted by atomic mass is 10.1. The van der Waals surface area contributed by atoms with Gasteiger partial charge in [0, 0.05) is 26.9 Å². The average Bonchev–Trinajstić information content (AvgIpc) is 3.53. The zero-order valence-corrected chi connectivity index (χ0v) is 25.1. The molecular weight excluding hydrogens is 593 g/mol. The highest BCUT2D eigenvalue weighted by molar-refractivity contribution is 7.98. The van der Waals surface area contributed by atoms with Crippen molar-refractivity contribution < 1.29 is 0 Å². The number of hydrogen-bond donors (Lipinski definition) is 0. The van der Waals surface area contributed by atoms with Crippen molar-refractivity contribution in [1.82, 2.24) is 24.5 Å². The molecule has 6 aromatic rings. The Morgan fingerprint density at radius 2 is 1.39 bits per heavy atom. The van der Waals surface area contributed by atoms with Crippen LogP contribution in [0.4, 0.5) is 0 Å². The van der Waals surface area contributed by atoms with Gasteiger partial charge in [0.15, 0.2) is 11.0 Å². The number of nitrogens with zero attached hydrogens (tertiary/aromatic N) is 5. The molecule has 0 aliphatic carbocycles. The lowest BCUT2D eigenvalue weighted by molar-refractivity contribution is 0.711. The van der Waals surface area contributed by atoms with Gasteiger partial charge in [-0.05, 0) is 48.4 Å². The van der Waals surface area contributed by atoms with Crippen molar-refractivity contribution in [3.05, 3.63) is 135 Å². The number of hydrogen-bond acceptors (Lipinski definition) is 4. The van der Waals surface area contributed by atoms with Gasteiger partial charge >= 0.3 is 0 Å². The Kier molecular flexibility index (Phi) is 8.17. The van der Waals surface area contributed by atoms with Crippen LogP contribution in [0.25, 0.3) is 28.5 Å². The van der Waals surface area contributed by atoms with Crippen LogP contribution in [0.3, 0.4) is 0 Å². The standard InChI is InChI=1S/C32H24Cl3N5S/c1-21-29(38-40(28-17-16-26(34)18-27(28)35)30(21)24-12-14-25(33)15-13-24)31-36-37-32(41-20-23-10-6-3-7-11-23)39(31)19-22-8-4-2-5-9-22/h2-18H,19-20H2,1H3. The SMILES string of the molecule is Cc1c(-c2nnc(SCc3ccccc3)n2Cc2ccccc2)nn(-c2ccc(Cl)cc2Cl)c1-c1ccc(Cl)cc1. The maximum Gasteiger partial charge on any atom is 0.192 e. The summed E-state index contributed by atoms with van der Waals surface area (Å²) >= 11 is 20.8. The molecular formula is C32H24Cl3N5S. The Morgan fingerprint density at radius 1 is 0.732 bits per heavy atom. The number of halogens is 3. The van der Waals surface area contributed by atoms with E-state index in [9.17, 15) is 0 Å². The van der Waals surface area contributed by atoms with Crippen molar-refractivity contribution in [1.29, 1.82) is 0 Å². The highest BCUT2D eigenvalue weighted by Crippen LogP contribution is 2.37. The molecule has 0 aliphatic rings. The molecule has 0 N–H and O–H groups in total. The molecule has 0 amide bonds. The summed E-state index contributed by atoms with van der Waals surface area (Å²) in [4.78, 5) is 0. The average molecular weight is 617 g/mol. The van der Waals surface area contributed by atoms with Crippen LogP contribution in [0.5, 0.6) is 0 Å². The zero-order valence-electron chi connectivity index (χ0n) is 22.0. The number of rotatable bonds is 8. The Morgan fingerprint density at radius 3 is 2.07 bits per heavy atom. The highest BCUT2D eigenvalue weighted by atomic mass is 35.5. The smallest absolute Gasteiger partial charge is 0.192 e. The molecule has 0 spiro atoms. The van der Waals surface area contributed by atoms with Crippen LogP contribution in [0.2, 0.25) is 15.1 Å². The summed E-state index contributed by atoms with van der Waals surface area (Å²) in [7, 11) is 0. The van der Waals surface area contributed by atoms with Crippen molar-refractivity contribution in [3.63, 3.8) is 0 Å². The molecule has 2 aromatic heterocycles. The minimum absolute atomic E-state index is 0.492. The first-order valence-electron chi connectivity index (χ1n) is 12.9. The predicted molar refractivity (Wildman–Crippen MR) is 169 cm³/mol. The van der Waals surface area contributed by atoms with Gasteiger partial charge in [0.25, 0.3) is 0 Å². The monoisotopic (exact) mass is 615 g/mol. The van der Waals surface area contributed by atoms with E-state index >= 15 is 0 Å². The Balaban J connectivity index is 1.51. The summed E-state index contributed by atoms with van der Waals surface area (Å²) in [5, 5.41) is 16.9. The van der Waals surface area contributed by atoms with E-state index in [-0.39, 0.29) is 0 Å². The summed E-state index contributed by atoms with van der Waals surface area (Å²) in [5.41, 5.74) is 6.57. The van der Waals surface area contributed by atoms with Gasteiger partial charge in [-0.3, -0.25) is 4.57 Å². The third-order valence-electron chi connectivity index (χ3n) is 6.70. The van der Waals surface area contributed by atoms with Crippen LogP contribution in [-0.2, 0) is 12.3 Å². The van der Waals surface area contributed by atoms with E-state index in [0.717, 1.165) is 39.0 Å². The minimum atomic E-state index is 0.492. The zero-order chi connectivity index (χ0) is 28.3. The third-order valence-corrected chi connectivity index (χ3v) is 8.53. The molecule has 9 heteroatoms. The van der Waals surface area contributed by atoms with E-state index in [4.69, 9.17) is 39.9 Å². The van der Waals surface area contributed by atoms with Gasteiger partial charge in [0.05, 0.1) is 22.9 Å². The maximum absolute atomic E-state index is 6.70. The second-order valence-electron chi connectivity index (χ2n) is 9.49. The van der Waals surface area contributed by atoms with Gasteiger partial charge in [-0.1, -0.05) is 119 Å². The molecule has 4 aromatic carbocycles. The summed E-state index contributed by atoms with van der Waals surface area (Å²) in [6.45, 7) is 2.65. The first-order chi connectivity index (χ1) is 20.0. The fraction of sp³-hybridized carbons (Fsp3) is 0.0938. The lowest BCUT2D eigenvalue weighted by Gasteiger charge is -2.11. The summed E-state index contributed by atoms with van der Waals surface area (Å²) < 4.78 is 3.99. The van der Waals surface area contributed by atoms with Gasteiger partial charge in [-0.2, -0.15) is 5.10 Å². The topological polar surface area (TPSA) is 48.5 Å². The van der Waals surface area contributed by atoms with Crippen molar-refractivity contribution >= 4 is 46.6 Å². The molecule has 41 heavy (non-hydrogen) atoms. The van der Waals surface area contributed by atoms with Crippen LogP contribution in [0, 0.1) is 6.92 Å². The molecule has 0 bridgehead atoms. The molecule has 0 saturated heterocycles. The number of aromatic nitrogens is 5. The molecule has 6 rings (SSSR count). The van der Waals surface area contributed by atoms with Crippen LogP contribution < -0.4 is 0 Å². The Hall–Kier alpha value is -3.55. The number of benzene rings is 4. The summed E-state index contributed by atoms with van der Waals surface area (Å²) in [6, 6.07) is 33.7. The largest absolute Gasteiger partial charge is 0.296 e. The Bertz CT molecular complexity index is 1800. The second-order valence-corrected chi connectivity index (χ2v) is 11.7. The summed E-state index contributed by atoms with van der Waals surface area (Å²) in [6.07, 6.45) is 0. The van der Waals surface area contributed by atoms with Gasteiger partial charge in [-0.15, -0.1) is 10.2 Å². The van der Waals surface area contributed by atoms with Crippen molar-refractivity contribution in [2.45, 2.75) is 24.4 Å². The van der Waals surface area contributed by atoms with E-state index in [1.165, 1.54) is 5.56 Å². The van der Waals surface area contributed by atoms with E-state index in [0.29, 0.717) is 33.1 Å². The van der Waals surface area contributed by atoms with Gasteiger partial charge in [0.1, 0.15) is 5.69 Å². The quantitative estimate of drug-likeness (QED) is 0.160. The van der Waals surface area contributed by atoms with E-state index < -0.39 is 0 Å². The van der Waals surface area contributed by atoms with Gasteiger partial charge in [-0.25, -0.2) is 4.68 Å². The van der Waals surface area contributed by atoms with Crippen LogP contribution in [0.1, 0.15) is 16.7 Å². The second kappa shape index (κ2) is 12.1. The molecule has 0 radical (unpaired) electrons. The van der Waals surface area contributed by atoms with Gasteiger partial charge in [0.2, 0.25) is 0 Å². The van der Waals surface area contributed by atoms with Crippen LogP contribution >= 0.6 is 46.6 Å². The van der Waals surface area contributed by atoms with Crippen molar-refractivity contribution in [2.75, 3.05) is 0 Å². The highest BCUT2D eigenvalue weighted by Gasteiger charge is 2.25. The summed E-state index contributed by atoms with van der Waals surface area (Å²) in [5.74, 6) is 1.46. The normalized spacial score (nSPS) is 11.2. The lowest BCUT2D eigenvalue weighted by Crippen LogP contribution is -2.05. The van der Waals surface area contributed by atoms with Gasteiger partial charge < -0.3 is 0 Å². The van der Waals surface area contributed by atoms with E-state index in [1.54, 1.807) is 23.9 Å². The fourth-order valence-corrected chi connectivity index (χ4v) is 6.19. The molecule has 0 unspecified atom stereocenters. The fourth-order valence-electron chi connectivity index (χ4n) is 4.68. The predicted octanol–water partition coefficient (Wildman–Crippen LogP) is 9.41. The molecule has 2 heterocycles. The van der Waals surface area contributed by atoms with E-state index in [2.05, 4.69) is 39.0 Å². The molecule has 5 nitrogen and oxygen atoms in total. The first-order valence-corrected chi connectivity index (χ1v) is 15.0. The van der Waals surface area contributed by atoms with Crippen molar-refractivity contribution in [2.24, 2.45) is 0 Å². The molecule has 0 aliphatic heterocycles.